The van der Waals surface area contributed by atoms with E-state index in [1.165, 1.54) is 0 Å². The maximum absolute atomic E-state index is 10.5. The number of benzene rings is 1. The molecule has 0 bridgehead atoms. The molecule has 0 aromatic heterocycles. The summed E-state index contributed by atoms with van der Waals surface area (Å²) < 4.78 is 10.4. The number of ether oxygens (including phenoxy) is 2. The summed E-state index contributed by atoms with van der Waals surface area (Å²) in [5.74, 6) is -0.00205. The zero-order valence-electron chi connectivity index (χ0n) is 11.4. The maximum Gasteiger partial charge on any atom is 0.303 e. The van der Waals surface area contributed by atoms with Crippen LogP contribution in [0.1, 0.15) is 19.8 Å². The highest BCUT2D eigenvalue weighted by molar-refractivity contribution is 5.66. The Labute approximate surface area is 113 Å². The lowest BCUT2D eigenvalue weighted by molar-refractivity contribution is -0.137. The fourth-order valence-corrected chi connectivity index (χ4v) is 1.62. The minimum absolute atomic E-state index is 0.102. The Bertz CT molecular complexity index is 395. The number of carboxylic acids is 1. The molecule has 1 aromatic rings. The highest BCUT2D eigenvalue weighted by atomic mass is 16.5. The Morgan fingerprint density at radius 1 is 1.42 bits per heavy atom. The molecule has 0 radical (unpaired) electrons. The average molecular weight is 267 g/mol. The smallest absolute Gasteiger partial charge is 0.303 e. The Kier molecular flexibility index (Phi) is 6.74. The highest BCUT2D eigenvalue weighted by Crippen LogP contribution is 2.18. The summed E-state index contributed by atoms with van der Waals surface area (Å²) >= 11 is 0. The molecule has 0 saturated carbocycles. The van der Waals surface area contributed by atoms with Crippen molar-refractivity contribution in [1.29, 1.82) is 0 Å². The normalized spacial score (nSPS) is 11.9. The number of carbonyl (C=O) groups is 1. The van der Waals surface area contributed by atoms with Gasteiger partial charge in [0.05, 0.1) is 6.61 Å². The monoisotopic (exact) mass is 267 g/mol. The van der Waals surface area contributed by atoms with Gasteiger partial charge in [-0.05, 0) is 25.5 Å². The van der Waals surface area contributed by atoms with Crippen LogP contribution in [0.5, 0.6) is 5.75 Å². The maximum atomic E-state index is 10.5. The second-order valence-corrected chi connectivity index (χ2v) is 4.35. The van der Waals surface area contributed by atoms with Crippen molar-refractivity contribution in [3.05, 3.63) is 24.3 Å². The third-order valence-electron chi connectivity index (χ3n) is 2.59. The summed E-state index contributed by atoms with van der Waals surface area (Å²) in [7, 11) is 1.63. The van der Waals surface area contributed by atoms with E-state index >= 15 is 0 Å². The topological polar surface area (TPSA) is 67.8 Å². The fraction of sp³-hybridized carbons (Fsp3) is 0.500. The van der Waals surface area contributed by atoms with E-state index in [1.807, 2.05) is 31.2 Å². The second-order valence-electron chi connectivity index (χ2n) is 4.35. The van der Waals surface area contributed by atoms with Crippen LogP contribution in [0.25, 0.3) is 0 Å². The third kappa shape index (κ3) is 6.67. The van der Waals surface area contributed by atoms with Gasteiger partial charge in [-0.3, -0.25) is 4.79 Å². The Morgan fingerprint density at radius 3 is 2.89 bits per heavy atom. The molecule has 0 aliphatic rings. The van der Waals surface area contributed by atoms with Crippen LogP contribution in [0, 0.1) is 0 Å². The first-order valence-corrected chi connectivity index (χ1v) is 6.32. The number of hydrogen-bond acceptors (Lipinski definition) is 4. The molecule has 0 spiro atoms. The van der Waals surface area contributed by atoms with Crippen LogP contribution in [-0.2, 0) is 9.53 Å². The van der Waals surface area contributed by atoms with Gasteiger partial charge in [0.1, 0.15) is 12.4 Å². The summed E-state index contributed by atoms with van der Waals surface area (Å²) in [5.41, 5.74) is 0.924. The van der Waals surface area contributed by atoms with Crippen LogP contribution in [0.4, 0.5) is 5.69 Å². The highest BCUT2D eigenvalue weighted by Gasteiger charge is 2.05. The molecule has 1 unspecified atom stereocenters. The Morgan fingerprint density at radius 2 is 2.21 bits per heavy atom. The first-order valence-electron chi connectivity index (χ1n) is 6.32. The summed E-state index contributed by atoms with van der Waals surface area (Å²) in [6.07, 6.45) is 0.752. The Balaban J connectivity index is 2.44. The molecule has 2 N–H and O–H groups in total. The standard InChI is InChI=1S/C14H21NO4/c1-11(6-7-14(16)17)15-12-4-3-5-13(10-12)19-9-8-18-2/h3-5,10-11,15H,6-9H2,1-2H3,(H,16,17). The number of rotatable bonds is 9. The molecular formula is C14H21NO4. The Hall–Kier alpha value is -1.75. The summed E-state index contributed by atoms with van der Waals surface area (Å²) in [4.78, 5) is 10.5. The lowest BCUT2D eigenvalue weighted by Crippen LogP contribution is -2.16. The van der Waals surface area contributed by atoms with E-state index in [0.29, 0.717) is 19.6 Å². The minimum Gasteiger partial charge on any atom is -0.491 e. The van der Waals surface area contributed by atoms with E-state index in [4.69, 9.17) is 14.6 Å². The van der Waals surface area contributed by atoms with Gasteiger partial charge in [0, 0.05) is 31.3 Å². The molecule has 5 nitrogen and oxygen atoms in total. The summed E-state index contributed by atoms with van der Waals surface area (Å²) in [6, 6.07) is 7.70. The van der Waals surface area contributed by atoms with Gasteiger partial charge in [0.2, 0.25) is 0 Å². The first-order chi connectivity index (χ1) is 9.11. The largest absolute Gasteiger partial charge is 0.491 e. The average Bonchev–Trinajstić information content (AvgIpc) is 2.37. The number of carboxylic acid groups (broad SMARTS) is 1. The predicted octanol–water partition coefficient (Wildman–Crippen LogP) is 2.38. The van der Waals surface area contributed by atoms with E-state index in [1.54, 1.807) is 7.11 Å². The number of hydrogen-bond donors (Lipinski definition) is 2. The van der Waals surface area contributed by atoms with Crippen molar-refractivity contribution >= 4 is 11.7 Å². The molecule has 1 rings (SSSR count). The van der Waals surface area contributed by atoms with E-state index in [9.17, 15) is 4.79 Å². The van der Waals surface area contributed by atoms with Crippen LogP contribution in [0.15, 0.2) is 24.3 Å². The van der Waals surface area contributed by atoms with Gasteiger partial charge in [0.15, 0.2) is 0 Å². The lowest BCUT2D eigenvalue weighted by atomic mass is 10.1. The van der Waals surface area contributed by atoms with Crippen molar-refractivity contribution in [2.75, 3.05) is 25.6 Å². The molecule has 1 atom stereocenters. The van der Waals surface area contributed by atoms with Gasteiger partial charge < -0.3 is 19.9 Å². The van der Waals surface area contributed by atoms with E-state index in [0.717, 1.165) is 11.4 Å². The molecule has 0 aliphatic heterocycles. The van der Waals surface area contributed by atoms with E-state index in [2.05, 4.69) is 5.32 Å². The number of nitrogens with one attached hydrogen (secondary N) is 1. The van der Waals surface area contributed by atoms with Crippen molar-refractivity contribution in [3.63, 3.8) is 0 Å². The SMILES string of the molecule is COCCOc1cccc(NC(C)CCC(=O)O)c1. The quantitative estimate of drug-likeness (QED) is 0.672. The van der Waals surface area contributed by atoms with Gasteiger partial charge in [-0.2, -0.15) is 0 Å². The molecule has 106 valence electrons. The van der Waals surface area contributed by atoms with Gasteiger partial charge >= 0.3 is 5.97 Å². The number of methoxy groups -OCH3 is 1. The van der Waals surface area contributed by atoms with Gasteiger partial charge in [0.25, 0.3) is 0 Å². The molecule has 0 aliphatic carbocycles. The molecule has 0 saturated heterocycles. The van der Waals surface area contributed by atoms with Crippen molar-refractivity contribution in [2.45, 2.75) is 25.8 Å². The molecule has 0 heterocycles. The lowest BCUT2D eigenvalue weighted by Gasteiger charge is -2.15. The van der Waals surface area contributed by atoms with Crippen LogP contribution < -0.4 is 10.1 Å². The zero-order valence-corrected chi connectivity index (χ0v) is 11.4. The van der Waals surface area contributed by atoms with Crippen molar-refractivity contribution in [3.8, 4) is 5.75 Å². The zero-order chi connectivity index (χ0) is 14.1. The minimum atomic E-state index is -0.773. The third-order valence-corrected chi connectivity index (χ3v) is 2.59. The molecule has 19 heavy (non-hydrogen) atoms. The first kappa shape index (κ1) is 15.3. The summed E-state index contributed by atoms with van der Waals surface area (Å²) in [5, 5.41) is 11.9. The van der Waals surface area contributed by atoms with Crippen LogP contribution in [0.2, 0.25) is 0 Å². The van der Waals surface area contributed by atoms with Gasteiger partial charge in [-0.15, -0.1) is 0 Å². The van der Waals surface area contributed by atoms with E-state index < -0.39 is 5.97 Å². The van der Waals surface area contributed by atoms with Gasteiger partial charge in [-0.25, -0.2) is 0 Å². The molecule has 0 fully saturated rings. The van der Waals surface area contributed by atoms with E-state index in [-0.39, 0.29) is 12.5 Å². The fourth-order valence-electron chi connectivity index (χ4n) is 1.62. The molecule has 0 amide bonds. The predicted molar refractivity (Wildman–Crippen MR) is 73.8 cm³/mol. The number of aliphatic carboxylic acids is 1. The van der Waals surface area contributed by atoms with Crippen molar-refractivity contribution in [1.82, 2.24) is 0 Å². The summed E-state index contributed by atoms with van der Waals surface area (Å²) in [6.45, 7) is 3.02. The second kappa shape index (κ2) is 8.37. The number of anilines is 1. The van der Waals surface area contributed by atoms with Crippen molar-refractivity contribution < 1.29 is 19.4 Å². The molecule has 1 aromatic carbocycles. The van der Waals surface area contributed by atoms with Crippen LogP contribution in [-0.4, -0.2) is 37.4 Å². The molecular weight excluding hydrogens is 246 g/mol. The van der Waals surface area contributed by atoms with Crippen molar-refractivity contribution in [2.24, 2.45) is 0 Å². The van der Waals surface area contributed by atoms with Crippen LogP contribution >= 0.6 is 0 Å². The van der Waals surface area contributed by atoms with Crippen LogP contribution in [0.3, 0.4) is 0 Å². The molecule has 5 heteroatoms. The van der Waals surface area contributed by atoms with Gasteiger partial charge in [-0.1, -0.05) is 6.07 Å².